The van der Waals surface area contributed by atoms with Crippen molar-refractivity contribution >= 4 is 89.7 Å². The molecule has 0 saturated heterocycles. The number of imide groups is 2. The van der Waals surface area contributed by atoms with E-state index in [1.807, 2.05) is 98.7 Å². The van der Waals surface area contributed by atoms with Gasteiger partial charge in [0, 0.05) is 112 Å². The van der Waals surface area contributed by atoms with Crippen molar-refractivity contribution in [1.82, 2.24) is 4.57 Å². The minimum atomic E-state index is -0.386. The van der Waals surface area contributed by atoms with Crippen LogP contribution in [0.1, 0.15) is 48.4 Å². The van der Waals surface area contributed by atoms with E-state index in [1.54, 1.807) is 36.4 Å². The van der Waals surface area contributed by atoms with E-state index in [0.717, 1.165) is 44.0 Å². The van der Waals surface area contributed by atoms with Crippen molar-refractivity contribution < 1.29 is 19.2 Å². The molecule has 0 fully saturated rings. The molecule has 7 aromatic rings. The number of amides is 4. The fourth-order valence-corrected chi connectivity index (χ4v) is 8.11. The van der Waals surface area contributed by atoms with E-state index < -0.39 is 0 Å². The van der Waals surface area contributed by atoms with Crippen molar-refractivity contribution in [3.8, 4) is 0 Å². The van der Waals surface area contributed by atoms with Crippen molar-refractivity contribution in [2.75, 3.05) is 47.8 Å². The zero-order valence-electron chi connectivity index (χ0n) is 28.8. The molecule has 2 aliphatic rings. The summed E-state index contributed by atoms with van der Waals surface area (Å²) in [5.74, 6) is -1.54. The van der Waals surface area contributed by atoms with E-state index in [4.69, 9.17) is 0 Å². The van der Waals surface area contributed by atoms with Gasteiger partial charge in [0.2, 0.25) is 0 Å². The molecular weight excluding hydrogens is 638 g/mol. The summed E-state index contributed by atoms with van der Waals surface area (Å²) in [4.78, 5) is 63.0. The second kappa shape index (κ2) is 10.8. The number of rotatable bonds is 5. The fourth-order valence-electron chi connectivity index (χ4n) is 8.11. The molecule has 250 valence electrons. The summed E-state index contributed by atoms with van der Waals surface area (Å²) in [6, 6.07) is 29.7. The van der Waals surface area contributed by atoms with Crippen LogP contribution < -0.4 is 19.6 Å². The molecule has 4 amide bonds. The van der Waals surface area contributed by atoms with Crippen LogP contribution in [0.15, 0.2) is 97.1 Å². The molecule has 0 N–H and O–H groups in total. The number of fused-ring (bicyclic) bond motifs is 3. The van der Waals surface area contributed by atoms with Crippen LogP contribution in [0, 0.1) is 0 Å². The molecule has 2 aliphatic heterocycles. The maximum Gasteiger partial charge on any atom is 0.265 e. The molecule has 0 saturated carbocycles. The minimum absolute atomic E-state index is 0.386. The van der Waals surface area contributed by atoms with Crippen molar-refractivity contribution in [3.63, 3.8) is 0 Å². The second-order valence-corrected chi connectivity index (χ2v) is 13.5. The Hall–Kier alpha value is -6.48. The van der Waals surface area contributed by atoms with E-state index >= 15 is 0 Å². The molecule has 0 bridgehead atoms. The third-order valence-electron chi connectivity index (χ3n) is 10.4. The van der Waals surface area contributed by atoms with Gasteiger partial charge in [0.1, 0.15) is 0 Å². The van der Waals surface area contributed by atoms with Crippen LogP contribution in [-0.2, 0) is 6.54 Å². The number of carbonyl (C=O) groups excluding carboxylic acids is 4. The summed E-state index contributed by atoms with van der Waals surface area (Å²) < 4.78 is 2.15. The number of hydrogen-bond acceptors (Lipinski definition) is 6. The van der Waals surface area contributed by atoms with Crippen molar-refractivity contribution in [2.45, 2.75) is 13.5 Å². The molecule has 6 aromatic carbocycles. The molecule has 0 unspecified atom stereocenters. The van der Waals surface area contributed by atoms with Crippen LogP contribution in [0.5, 0.6) is 0 Å². The lowest BCUT2D eigenvalue weighted by Crippen LogP contribution is -2.40. The van der Waals surface area contributed by atoms with Crippen LogP contribution in [0.4, 0.5) is 22.7 Å². The van der Waals surface area contributed by atoms with Crippen molar-refractivity contribution in [1.29, 1.82) is 0 Å². The quantitative estimate of drug-likeness (QED) is 0.173. The Morgan fingerprint density at radius 3 is 1.24 bits per heavy atom. The second-order valence-electron chi connectivity index (χ2n) is 13.5. The van der Waals surface area contributed by atoms with Crippen LogP contribution >= 0.6 is 0 Å². The van der Waals surface area contributed by atoms with E-state index in [9.17, 15) is 19.2 Å². The predicted octanol–water partition coefficient (Wildman–Crippen LogP) is 7.85. The zero-order chi connectivity index (χ0) is 35.5. The van der Waals surface area contributed by atoms with Crippen molar-refractivity contribution in [2.24, 2.45) is 0 Å². The standard InChI is InChI=1S/C42H33N5O4/c1-6-45-35-17-13-23(46-39(48)27-11-7-9-25-33(43(2)3)19-15-29(37(25)27)41(46)50)21-31(35)32-22-24(14-18-36(32)45)47-40(49)28-12-8-10-26-34(44(4)5)20-16-30(38(26)28)42(47)51/h7-22H,6H2,1-5H3. The molecule has 0 atom stereocenters. The molecule has 9 heteroatoms. The Morgan fingerprint density at radius 1 is 0.471 bits per heavy atom. The Kier molecular flexibility index (Phi) is 6.45. The van der Waals surface area contributed by atoms with E-state index in [-0.39, 0.29) is 23.6 Å². The van der Waals surface area contributed by atoms with Gasteiger partial charge in [0.25, 0.3) is 23.6 Å². The molecular formula is C42H33N5O4. The average molecular weight is 672 g/mol. The van der Waals surface area contributed by atoms with Gasteiger partial charge in [-0.3, -0.25) is 19.2 Å². The topological polar surface area (TPSA) is 86.2 Å². The van der Waals surface area contributed by atoms with Gasteiger partial charge in [0.15, 0.2) is 0 Å². The maximum atomic E-state index is 14.1. The van der Waals surface area contributed by atoms with E-state index in [1.165, 1.54) is 9.80 Å². The highest BCUT2D eigenvalue weighted by molar-refractivity contribution is 6.38. The normalized spacial score (nSPS) is 14.1. The fraction of sp³-hybridized carbons (Fsp3) is 0.143. The van der Waals surface area contributed by atoms with Gasteiger partial charge in [-0.15, -0.1) is 0 Å². The largest absolute Gasteiger partial charge is 0.377 e. The van der Waals surface area contributed by atoms with Gasteiger partial charge in [0.05, 0.1) is 11.4 Å². The van der Waals surface area contributed by atoms with Crippen LogP contribution in [-0.4, -0.2) is 56.4 Å². The number of aromatic nitrogens is 1. The number of hydrogen-bond donors (Lipinski definition) is 0. The number of benzene rings is 6. The average Bonchev–Trinajstić information content (AvgIpc) is 3.44. The SMILES string of the molecule is CCn1c2ccc(N3C(=O)c4cccc5c(N(C)C)ccc(c45)C3=O)cc2c2cc(N3C(=O)c4cccc5c(N(C)C)ccc(c45)C3=O)ccc21. The highest BCUT2D eigenvalue weighted by Gasteiger charge is 2.37. The highest BCUT2D eigenvalue weighted by atomic mass is 16.2. The first kappa shape index (κ1) is 30.6. The lowest BCUT2D eigenvalue weighted by molar-refractivity contribution is 0.0877. The Bertz CT molecular complexity index is 2510. The highest BCUT2D eigenvalue weighted by Crippen LogP contribution is 2.41. The van der Waals surface area contributed by atoms with Crippen molar-refractivity contribution in [3.05, 3.63) is 119 Å². The summed E-state index contributed by atoms with van der Waals surface area (Å²) in [6.45, 7) is 2.71. The van der Waals surface area contributed by atoms with Crippen LogP contribution in [0.3, 0.4) is 0 Å². The third kappa shape index (κ3) is 4.09. The third-order valence-corrected chi connectivity index (χ3v) is 10.4. The molecule has 0 aliphatic carbocycles. The Balaban J connectivity index is 1.18. The Morgan fingerprint density at radius 2 is 0.863 bits per heavy atom. The van der Waals surface area contributed by atoms with Gasteiger partial charge in [-0.2, -0.15) is 0 Å². The molecule has 51 heavy (non-hydrogen) atoms. The maximum absolute atomic E-state index is 14.1. The number of aryl methyl sites for hydroxylation is 1. The molecule has 0 spiro atoms. The number of carbonyl (C=O) groups is 4. The smallest absolute Gasteiger partial charge is 0.265 e. The molecule has 9 nitrogen and oxygen atoms in total. The summed E-state index contributed by atoms with van der Waals surface area (Å²) in [5.41, 5.74) is 6.45. The van der Waals surface area contributed by atoms with Crippen LogP contribution in [0.25, 0.3) is 43.4 Å². The summed E-state index contributed by atoms with van der Waals surface area (Å²) >= 11 is 0. The first-order valence-electron chi connectivity index (χ1n) is 16.9. The number of anilines is 4. The van der Waals surface area contributed by atoms with Gasteiger partial charge in [-0.1, -0.05) is 24.3 Å². The van der Waals surface area contributed by atoms with Gasteiger partial charge < -0.3 is 14.4 Å². The van der Waals surface area contributed by atoms with Gasteiger partial charge in [-0.05, 0) is 79.7 Å². The van der Waals surface area contributed by atoms with E-state index in [2.05, 4.69) is 11.5 Å². The summed E-state index contributed by atoms with van der Waals surface area (Å²) in [6.07, 6.45) is 0. The minimum Gasteiger partial charge on any atom is -0.377 e. The van der Waals surface area contributed by atoms with E-state index in [0.29, 0.717) is 50.9 Å². The summed E-state index contributed by atoms with van der Waals surface area (Å²) in [7, 11) is 7.75. The lowest BCUT2D eigenvalue weighted by atomic mass is 9.92. The molecule has 3 heterocycles. The first-order chi connectivity index (χ1) is 24.6. The lowest BCUT2D eigenvalue weighted by Gasteiger charge is -2.29. The van der Waals surface area contributed by atoms with Gasteiger partial charge >= 0.3 is 0 Å². The van der Waals surface area contributed by atoms with Gasteiger partial charge in [-0.25, -0.2) is 9.80 Å². The monoisotopic (exact) mass is 671 g/mol. The Labute approximate surface area is 293 Å². The first-order valence-corrected chi connectivity index (χ1v) is 16.9. The zero-order valence-corrected chi connectivity index (χ0v) is 28.8. The molecule has 0 radical (unpaired) electrons. The summed E-state index contributed by atoms with van der Waals surface area (Å²) in [5, 5.41) is 4.62. The van der Waals surface area contributed by atoms with Crippen LogP contribution in [0.2, 0.25) is 0 Å². The predicted molar refractivity (Wildman–Crippen MR) is 204 cm³/mol. The molecule has 9 rings (SSSR count). The molecule has 1 aromatic heterocycles. The number of nitrogens with zero attached hydrogens (tertiary/aromatic N) is 5.